The van der Waals surface area contributed by atoms with E-state index in [1.165, 1.54) is 40.2 Å². The number of hydrogen-bond acceptors (Lipinski definition) is 6. The molecule has 0 fully saturated rings. The molecule has 0 spiro atoms. The van der Waals surface area contributed by atoms with Gasteiger partial charge in [0.1, 0.15) is 7.05 Å². The lowest BCUT2D eigenvalue weighted by atomic mass is 9.81. The summed E-state index contributed by atoms with van der Waals surface area (Å²) >= 11 is 0. The highest BCUT2D eigenvalue weighted by Crippen LogP contribution is 2.47. The fourth-order valence-corrected chi connectivity index (χ4v) is 7.15. The third-order valence-electron chi connectivity index (χ3n) is 9.87. The van der Waals surface area contributed by atoms with Gasteiger partial charge in [0.2, 0.25) is 17.4 Å². The summed E-state index contributed by atoms with van der Waals surface area (Å²) in [5.41, 5.74) is 9.58. The minimum atomic E-state index is -0.102. The van der Waals surface area contributed by atoms with Crippen LogP contribution in [0, 0.1) is 0 Å². The third-order valence-corrected chi connectivity index (χ3v) is 9.87. The number of nitrogens with one attached hydrogen (secondary N) is 1. The van der Waals surface area contributed by atoms with Crippen LogP contribution >= 0.6 is 0 Å². The number of rotatable bonds is 12. The van der Waals surface area contributed by atoms with Crippen LogP contribution in [0.2, 0.25) is 0 Å². The zero-order valence-electron chi connectivity index (χ0n) is 29.2. The molecule has 2 aliphatic heterocycles. The Morgan fingerprint density at radius 3 is 2.29 bits per heavy atom. The molecular weight excluding hydrogens is 606 g/mol. The summed E-state index contributed by atoms with van der Waals surface area (Å²) in [7, 11) is 2.15. The van der Waals surface area contributed by atoms with Gasteiger partial charge in [0.25, 0.3) is 0 Å². The van der Waals surface area contributed by atoms with Crippen LogP contribution in [0.25, 0.3) is 11.4 Å². The molecule has 0 saturated heterocycles. The first-order chi connectivity index (χ1) is 23.7. The van der Waals surface area contributed by atoms with Gasteiger partial charge >= 0.3 is 0 Å². The van der Waals surface area contributed by atoms with Gasteiger partial charge in [-0.3, -0.25) is 4.79 Å². The first-order valence-corrected chi connectivity index (χ1v) is 17.2. The number of carbonyl (C=O) groups excluding carboxylic acids is 1. The molecule has 0 unspecified atom stereocenters. The first kappa shape index (κ1) is 33.7. The quantitative estimate of drug-likeness (QED) is 0.0963. The van der Waals surface area contributed by atoms with E-state index in [1.54, 1.807) is 0 Å². The molecule has 0 radical (unpaired) electrons. The molecule has 8 nitrogen and oxygen atoms in total. The Kier molecular flexibility index (Phi) is 9.95. The van der Waals surface area contributed by atoms with Crippen molar-refractivity contribution >= 4 is 23.0 Å². The molecule has 6 rings (SSSR count). The number of aromatic nitrogens is 4. The number of anilines is 1. The Morgan fingerprint density at radius 1 is 0.816 bits per heavy atom. The first-order valence-electron chi connectivity index (χ1n) is 17.2. The van der Waals surface area contributed by atoms with Gasteiger partial charge in [-0.15, -0.1) is 20.4 Å². The van der Waals surface area contributed by atoms with Crippen LogP contribution in [0.5, 0.6) is 0 Å². The molecule has 1 N–H and O–H groups in total. The predicted octanol–water partition coefficient (Wildman–Crippen LogP) is 7.61. The average molecular weight is 653 g/mol. The molecule has 250 valence electrons. The molecule has 4 aromatic rings. The maximum Gasteiger partial charge on any atom is 0.220 e. The van der Waals surface area contributed by atoms with Crippen LogP contribution in [-0.2, 0) is 22.2 Å². The minimum absolute atomic E-state index is 0.0392. The fourth-order valence-electron chi connectivity index (χ4n) is 7.15. The summed E-state index contributed by atoms with van der Waals surface area (Å²) in [5.74, 6) is 0.554. The van der Waals surface area contributed by atoms with Crippen LogP contribution in [0.3, 0.4) is 0 Å². The number of unbranched alkanes of at least 4 members (excludes halogenated alkanes) is 2. The van der Waals surface area contributed by atoms with Crippen LogP contribution in [0.15, 0.2) is 115 Å². The highest BCUT2D eigenvalue weighted by Gasteiger charge is 2.42. The van der Waals surface area contributed by atoms with Crippen molar-refractivity contribution in [2.45, 2.75) is 70.8 Å². The molecule has 1 amide bonds. The van der Waals surface area contributed by atoms with Gasteiger partial charge in [0.15, 0.2) is 12.0 Å². The summed E-state index contributed by atoms with van der Waals surface area (Å²) < 4.78 is 2.30. The molecule has 8 heteroatoms. The van der Waals surface area contributed by atoms with Crippen LogP contribution in [0.4, 0.5) is 11.4 Å². The van der Waals surface area contributed by atoms with Crippen molar-refractivity contribution in [2.75, 3.05) is 18.5 Å². The lowest BCUT2D eigenvalue weighted by molar-refractivity contribution is -0.401. The van der Waals surface area contributed by atoms with E-state index in [0.29, 0.717) is 18.8 Å². The second-order valence-corrected chi connectivity index (χ2v) is 13.8. The van der Waals surface area contributed by atoms with Crippen LogP contribution in [0.1, 0.15) is 70.1 Å². The smallest absolute Gasteiger partial charge is 0.220 e. The van der Waals surface area contributed by atoms with Gasteiger partial charge in [-0.2, -0.15) is 4.58 Å². The molecular formula is C41H46N7O+. The average Bonchev–Trinajstić information content (AvgIpc) is 3.45. The highest BCUT2D eigenvalue weighted by molar-refractivity contribution is 6.03. The maximum absolute atomic E-state index is 12.6. The Labute approximate surface area is 290 Å². The zero-order valence-corrected chi connectivity index (χ0v) is 29.2. The van der Waals surface area contributed by atoms with Gasteiger partial charge in [0, 0.05) is 59.6 Å². The summed E-state index contributed by atoms with van der Waals surface area (Å²) in [5, 5.41) is 18.6. The molecule has 3 heterocycles. The van der Waals surface area contributed by atoms with Gasteiger partial charge in [-0.05, 0) is 50.0 Å². The Bertz CT molecular complexity index is 1920. The summed E-state index contributed by atoms with van der Waals surface area (Å²) in [6, 6.07) is 25.2. The number of para-hydroxylation sites is 2. The third kappa shape index (κ3) is 7.14. The fraction of sp³-hybridized carbons (Fsp3) is 0.317. The van der Waals surface area contributed by atoms with E-state index >= 15 is 0 Å². The van der Waals surface area contributed by atoms with E-state index in [9.17, 15) is 4.79 Å². The number of allylic oxidation sites excluding steroid dienone is 6. The van der Waals surface area contributed by atoms with Gasteiger partial charge in [-0.1, -0.05) is 99.2 Å². The van der Waals surface area contributed by atoms with E-state index in [4.69, 9.17) is 0 Å². The van der Waals surface area contributed by atoms with Gasteiger partial charge < -0.3 is 10.2 Å². The number of carbonyl (C=O) groups is 1. The minimum Gasteiger partial charge on any atom is -0.352 e. The van der Waals surface area contributed by atoms with E-state index in [2.05, 4.69) is 149 Å². The lowest BCUT2D eigenvalue weighted by Gasteiger charge is -2.27. The zero-order chi connectivity index (χ0) is 34.4. The molecule has 0 aliphatic carbocycles. The Hall–Kier alpha value is -5.24. The molecule has 49 heavy (non-hydrogen) atoms. The summed E-state index contributed by atoms with van der Waals surface area (Å²) in [6.07, 6.45) is 15.6. The molecule has 0 atom stereocenters. The van der Waals surface area contributed by atoms with Crippen molar-refractivity contribution in [1.82, 2.24) is 25.7 Å². The second kappa shape index (κ2) is 14.5. The number of nitrogens with zero attached hydrogens (tertiary/aromatic N) is 6. The molecule has 0 bridgehead atoms. The highest BCUT2D eigenvalue weighted by atomic mass is 16.1. The van der Waals surface area contributed by atoms with E-state index in [-0.39, 0.29) is 16.7 Å². The molecule has 3 aromatic carbocycles. The lowest BCUT2D eigenvalue weighted by Crippen LogP contribution is -2.27. The molecule has 2 aliphatic rings. The predicted molar refractivity (Wildman–Crippen MR) is 197 cm³/mol. The van der Waals surface area contributed by atoms with Crippen LogP contribution in [-0.4, -0.2) is 50.2 Å². The van der Waals surface area contributed by atoms with Crippen molar-refractivity contribution in [3.05, 3.63) is 132 Å². The number of hydrogen-bond donors (Lipinski definition) is 1. The standard InChI is InChI=1S/C41H45N7O/c1-40(2)32-16-11-13-18-34(32)47(5)36(40)20-8-6-9-21-37-41(3,4)33-17-12-14-19-35(33)48(37)27-15-7-10-22-38(49)42-28-30-23-25-31(26-24-30)39-45-43-29-44-46-39/h6,8-9,11-14,16-21,23-26,29H,7,10,15,22,27-28H2,1-5H3/p+1. The number of amides is 1. The van der Waals surface area contributed by atoms with Crippen molar-refractivity contribution in [1.29, 1.82) is 0 Å². The SMILES string of the molecule is C[N+]1=C(/C=C/C=C/C=C2/N(CCCCCC(=O)NCc3ccc(-c4nncnn4)cc3)c3ccccc3C2(C)C)C(C)(C)c2ccccc21. The second-order valence-electron chi connectivity index (χ2n) is 13.8. The van der Waals surface area contributed by atoms with Crippen molar-refractivity contribution in [2.24, 2.45) is 0 Å². The monoisotopic (exact) mass is 652 g/mol. The Morgan fingerprint density at radius 2 is 1.53 bits per heavy atom. The topological polar surface area (TPSA) is 86.9 Å². The normalized spacial score (nSPS) is 16.9. The number of benzene rings is 3. The molecule has 1 aromatic heterocycles. The van der Waals surface area contributed by atoms with E-state index < -0.39 is 0 Å². The number of fused-ring (bicyclic) bond motifs is 2. The van der Waals surface area contributed by atoms with Crippen molar-refractivity contribution < 1.29 is 9.37 Å². The van der Waals surface area contributed by atoms with Gasteiger partial charge in [-0.25, -0.2) is 0 Å². The van der Waals surface area contributed by atoms with Crippen molar-refractivity contribution in [3.63, 3.8) is 0 Å². The molecule has 0 saturated carbocycles. The Balaban J connectivity index is 1.02. The van der Waals surface area contributed by atoms with E-state index in [1.807, 2.05) is 24.3 Å². The largest absolute Gasteiger partial charge is 0.352 e. The summed E-state index contributed by atoms with van der Waals surface area (Å²) in [4.78, 5) is 15.1. The van der Waals surface area contributed by atoms with Crippen LogP contribution < -0.4 is 10.2 Å². The summed E-state index contributed by atoms with van der Waals surface area (Å²) in [6.45, 7) is 10.6. The maximum atomic E-state index is 12.6. The van der Waals surface area contributed by atoms with E-state index in [0.717, 1.165) is 36.9 Å². The van der Waals surface area contributed by atoms with Crippen molar-refractivity contribution in [3.8, 4) is 11.4 Å². The van der Waals surface area contributed by atoms with Gasteiger partial charge in [0.05, 0.1) is 5.41 Å².